The van der Waals surface area contributed by atoms with E-state index in [4.69, 9.17) is 4.74 Å². The summed E-state index contributed by atoms with van der Waals surface area (Å²) >= 11 is 0. The maximum atomic E-state index is 13.0. The van der Waals surface area contributed by atoms with Crippen molar-refractivity contribution in [2.45, 2.75) is 45.2 Å². The Hall–Kier alpha value is -3.68. The van der Waals surface area contributed by atoms with Crippen molar-refractivity contribution in [1.82, 2.24) is 14.5 Å². The van der Waals surface area contributed by atoms with Crippen LogP contribution in [0.1, 0.15) is 47.4 Å². The van der Waals surface area contributed by atoms with Crippen molar-refractivity contribution in [2.75, 3.05) is 32.6 Å². The third kappa shape index (κ3) is 5.70. The quantitative estimate of drug-likeness (QED) is 0.507. The number of esters is 1. The number of nitrogens with zero attached hydrogens (tertiary/aromatic N) is 4. The molecule has 1 aliphatic rings. The van der Waals surface area contributed by atoms with Crippen LogP contribution in [-0.2, 0) is 29.0 Å². The van der Waals surface area contributed by atoms with Crippen LogP contribution in [0.4, 0.5) is 5.69 Å². The molecule has 1 aromatic heterocycles. The molecule has 0 saturated carbocycles. The molecule has 2 aromatic carbocycles. The highest BCUT2D eigenvalue weighted by Gasteiger charge is 2.17. The molecule has 0 aliphatic carbocycles. The number of likely N-dealkylation sites (N-methyl/N-ethyl adjacent to an activating group) is 1. The summed E-state index contributed by atoms with van der Waals surface area (Å²) in [6.45, 7) is 0.735. The first-order chi connectivity index (χ1) is 16.8. The van der Waals surface area contributed by atoms with Crippen LogP contribution in [-0.4, -0.2) is 54.1 Å². The highest BCUT2D eigenvalue weighted by molar-refractivity contribution is 5.95. The normalized spacial score (nSPS) is 13.5. The third-order valence-corrected chi connectivity index (χ3v) is 6.43. The van der Waals surface area contributed by atoms with E-state index in [1.165, 1.54) is 4.90 Å². The van der Waals surface area contributed by atoms with E-state index in [1.807, 2.05) is 43.3 Å². The molecule has 0 bridgehead atoms. The van der Waals surface area contributed by atoms with Gasteiger partial charge in [-0.05, 0) is 48.7 Å². The summed E-state index contributed by atoms with van der Waals surface area (Å²) in [5.74, 6) is -0.144. The lowest BCUT2D eigenvalue weighted by molar-refractivity contribution is -0.133. The molecular weight excluding hydrogens is 444 g/mol. The number of hydrogen-bond acceptors (Lipinski definition) is 6. The molecule has 0 saturated heterocycles. The summed E-state index contributed by atoms with van der Waals surface area (Å²) in [6, 6.07) is 12.7. The van der Waals surface area contributed by atoms with Crippen molar-refractivity contribution < 1.29 is 14.3 Å². The maximum absolute atomic E-state index is 13.0. The fourth-order valence-electron chi connectivity index (χ4n) is 4.30. The van der Waals surface area contributed by atoms with Crippen LogP contribution < -0.4 is 10.5 Å². The van der Waals surface area contributed by atoms with Crippen molar-refractivity contribution in [3.05, 3.63) is 69.8 Å². The number of hydrogen-bond donors (Lipinski definition) is 0. The number of carbonyl (C=O) groups is 2. The number of carbonyl (C=O) groups excluding carboxylic acids is 2. The second-order valence-corrected chi connectivity index (χ2v) is 9.27. The average molecular weight is 477 g/mol. The van der Waals surface area contributed by atoms with Crippen LogP contribution in [0.3, 0.4) is 0 Å². The Bertz CT molecular complexity index is 1280. The zero-order valence-electron chi connectivity index (χ0n) is 20.6. The minimum absolute atomic E-state index is 0.0674. The van der Waals surface area contributed by atoms with Crippen LogP contribution in [0.2, 0.25) is 0 Å². The maximum Gasteiger partial charge on any atom is 0.338 e. The summed E-state index contributed by atoms with van der Waals surface area (Å²) in [5.41, 5.74) is 2.76. The molecule has 35 heavy (non-hydrogen) atoms. The number of amides is 1. The average Bonchev–Trinajstić information content (AvgIpc) is 2.83. The van der Waals surface area contributed by atoms with Gasteiger partial charge in [0.1, 0.15) is 5.82 Å². The molecule has 0 unspecified atom stereocenters. The molecule has 0 spiro atoms. The van der Waals surface area contributed by atoms with Gasteiger partial charge in [-0.1, -0.05) is 25.0 Å². The van der Waals surface area contributed by atoms with E-state index in [9.17, 15) is 14.4 Å². The second kappa shape index (κ2) is 10.7. The monoisotopic (exact) mass is 476 g/mol. The van der Waals surface area contributed by atoms with Gasteiger partial charge in [0.25, 0.3) is 11.5 Å². The zero-order chi connectivity index (χ0) is 24.9. The lowest BCUT2D eigenvalue weighted by Gasteiger charge is -2.18. The Balaban J connectivity index is 1.41. The van der Waals surface area contributed by atoms with E-state index < -0.39 is 5.97 Å². The van der Waals surface area contributed by atoms with Crippen LogP contribution in [0.5, 0.6) is 0 Å². The molecule has 1 aliphatic heterocycles. The standard InChI is InChI=1S/C27H32N4O4/c1-29(2)21-12-9-19(10-13-21)17-30(3)25(32)18-35-27(34)20-11-14-22-23(16-20)28-24-8-6-4-5-7-15-31(24)26(22)33/h9-14,16H,4-8,15,17-18H2,1-3H3. The summed E-state index contributed by atoms with van der Waals surface area (Å²) in [4.78, 5) is 46.3. The molecule has 0 fully saturated rings. The topological polar surface area (TPSA) is 84.7 Å². The molecule has 1 amide bonds. The zero-order valence-corrected chi connectivity index (χ0v) is 20.6. The van der Waals surface area contributed by atoms with Crippen molar-refractivity contribution >= 4 is 28.5 Å². The smallest absolute Gasteiger partial charge is 0.338 e. The first kappa shape index (κ1) is 24.4. The van der Waals surface area contributed by atoms with E-state index >= 15 is 0 Å². The first-order valence-electron chi connectivity index (χ1n) is 12.0. The van der Waals surface area contributed by atoms with Crippen LogP contribution >= 0.6 is 0 Å². The molecule has 8 nitrogen and oxygen atoms in total. The summed E-state index contributed by atoms with van der Waals surface area (Å²) in [6.07, 6.45) is 4.96. The van der Waals surface area contributed by atoms with Gasteiger partial charge in [0.2, 0.25) is 0 Å². The van der Waals surface area contributed by atoms with Gasteiger partial charge in [-0.3, -0.25) is 14.2 Å². The lowest BCUT2D eigenvalue weighted by atomic mass is 10.1. The molecule has 8 heteroatoms. The third-order valence-electron chi connectivity index (χ3n) is 6.43. The van der Waals surface area contributed by atoms with Crippen molar-refractivity contribution in [2.24, 2.45) is 0 Å². The van der Waals surface area contributed by atoms with Crippen LogP contribution in [0, 0.1) is 0 Å². The Morgan fingerprint density at radius 1 is 1.00 bits per heavy atom. The summed E-state index contributed by atoms with van der Waals surface area (Å²) < 4.78 is 7.05. The van der Waals surface area contributed by atoms with E-state index in [1.54, 1.807) is 29.8 Å². The van der Waals surface area contributed by atoms with Gasteiger partial charge in [0.05, 0.1) is 16.5 Å². The number of benzene rings is 2. The molecule has 4 rings (SSSR count). The SMILES string of the molecule is CN(Cc1ccc(N(C)C)cc1)C(=O)COC(=O)c1ccc2c(=O)n3c(nc2c1)CCCCCC3. The Kier molecular flexibility index (Phi) is 7.48. The number of aromatic nitrogens is 2. The Morgan fingerprint density at radius 3 is 2.49 bits per heavy atom. The van der Waals surface area contributed by atoms with E-state index in [2.05, 4.69) is 4.98 Å². The molecule has 3 aromatic rings. The first-order valence-corrected chi connectivity index (χ1v) is 12.0. The van der Waals surface area contributed by atoms with Crippen molar-refractivity contribution in [3.8, 4) is 0 Å². The van der Waals surface area contributed by atoms with E-state index in [0.29, 0.717) is 24.0 Å². The highest BCUT2D eigenvalue weighted by atomic mass is 16.5. The minimum atomic E-state index is -0.613. The predicted octanol–water partition coefficient (Wildman–Crippen LogP) is 3.39. The van der Waals surface area contributed by atoms with Gasteiger partial charge in [0.15, 0.2) is 6.61 Å². The molecular formula is C27H32N4O4. The Morgan fingerprint density at radius 2 is 1.74 bits per heavy atom. The fourth-order valence-corrected chi connectivity index (χ4v) is 4.30. The number of anilines is 1. The van der Waals surface area contributed by atoms with Gasteiger partial charge in [-0.25, -0.2) is 9.78 Å². The summed E-state index contributed by atoms with van der Waals surface area (Å²) in [7, 11) is 5.62. The van der Waals surface area contributed by atoms with Gasteiger partial charge < -0.3 is 14.5 Å². The fraction of sp³-hybridized carbons (Fsp3) is 0.407. The number of ether oxygens (including phenoxy) is 1. The largest absolute Gasteiger partial charge is 0.452 e. The van der Waals surface area contributed by atoms with Crippen LogP contribution in [0.15, 0.2) is 47.3 Å². The molecule has 2 heterocycles. The van der Waals surface area contributed by atoms with Crippen molar-refractivity contribution in [3.63, 3.8) is 0 Å². The molecule has 184 valence electrons. The van der Waals surface area contributed by atoms with E-state index in [-0.39, 0.29) is 23.6 Å². The van der Waals surface area contributed by atoms with E-state index in [0.717, 1.165) is 49.2 Å². The Labute approximate surface area is 205 Å². The lowest BCUT2D eigenvalue weighted by Crippen LogP contribution is -2.31. The highest BCUT2D eigenvalue weighted by Crippen LogP contribution is 2.17. The van der Waals surface area contributed by atoms with Gasteiger partial charge >= 0.3 is 5.97 Å². The molecule has 0 N–H and O–H groups in total. The van der Waals surface area contributed by atoms with Gasteiger partial charge in [-0.15, -0.1) is 0 Å². The number of aryl methyl sites for hydroxylation is 1. The van der Waals surface area contributed by atoms with Crippen LogP contribution in [0.25, 0.3) is 10.9 Å². The summed E-state index contributed by atoms with van der Waals surface area (Å²) in [5, 5.41) is 0.488. The molecule has 0 atom stereocenters. The second-order valence-electron chi connectivity index (χ2n) is 9.27. The predicted molar refractivity (Wildman–Crippen MR) is 136 cm³/mol. The molecule has 0 radical (unpaired) electrons. The van der Waals surface area contributed by atoms with Crippen molar-refractivity contribution in [1.29, 1.82) is 0 Å². The van der Waals surface area contributed by atoms with Gasteiger partial charge in [-0.2, -0.15) is 0 Å². The van der Waals surface area contributed by atoms with Gasteiger partial charge in [0, 0.05) is 46.3 Å². The minimum Gasteiger partial charge on any atom is -0.452 e. The number of fused-ring (bicyclic) bond motifs is 2. The number of rotatable bonds is 6.